The van der Waals surface area contributed by atoms with Gasteiger partial charge in [0.25, 0.3) is 5.24 Å². The average molecular weight is 210 g/mol. The highest BCUT2D eigenvalue weighted by molar-refractivity contribution is 6.67. The fraction of sp³-hybridized carbons (Fsp3) is 0.364. The summed E-state index contributed by atoms with van der Waals surface area (Å²) in [4.78, 5) is 13.2. The third-order valence-corrected chi connectivity index (χ3v) is 2.78. The standard InChI is InChI=1S/C11H12ClNO/c12-11(14)9-3-5-10(6-4-9)13-7-1-2-8-13/h3-6H,1-2,7-8H2. The number of anilines is 1. The number of halogens is 1. The largest absolute Gasteiger partial charge is 0.372 e. The molecule has 0 bridgehead atoms. The fourth-order valence-corrected chi connectivity index (χ4v) is 1.90. The summed E-state index contributed by atoms with van der Waals surface area (Å²) in [6, 6.07) is 7.48. The van der Waals surface area contributed by atoms with E-state index >= 15 is 0 Å². The van der Waals surface area contributed by atoms with Gasteiger partial charge in [0.05, 0.1) is 0 Å². The van der Waals surface area contributed by atoms with Crippen LogP contribution in [0.1, 0.15) is 23.2 Å². The first-order valence-electron chi connectivity index (χ1n) is 4.82. The number of carbonyl (C=O) groups is 1. The highest BCUT2D eigenvalue weighted by Gasteiger charge is 2.12. The van der Waals surface area contributed by atoms with Gasteiger partial charge in [-0.1, -0.05) is 0 Å². The summed E-state index contributed by atoms with van der Waals surface area (Å²) in [7, 11) is 0. The van der Waals surface area contributed by atoms with E-state index in [1.54, 1.807) is 12.1 Å². The molecule has 2 rings (SSSR count). The number of benzene rings is 1. The van der Waals surface area contributed by atoms with Gasteiger partial charge in [0.15, 0.2) is 0 Å². The highest BCUT2D eigenvalue weighted by atomic mass is 35.5. The van der Waals surface area contributed by atoms with Crippen LogP contribution in [-0.4, -0.2) is 18.3 Å². The molecular weight excluding hydrogens is 198 g/mol. The van der Waals surface area contributed by atoms with Crippen molar-refractivity contribution < 1.29 is 4.79 Å². The monoisotopic (exact) mass is 209 g/mol. The van der Waals surface area contributed by atoms with E-state index in [0.717, 1.165) is 13.1 Å². The molecule has 74 valence electrons. The number of hydrogen-bond donors (Lipinski definition) is 0. The zero-order valence-electron chi connectivity index (χ0n) is 7.87. The van der Waals surface area contributed by atoms with Crippen molar-refractivity contribution in [3.8, 4) is 0 Å². The van der Waals surface area contributed by atoms with Gasteiger partial charge in [-0.05, 0) is 48.7 Å². The van der Waals surface area contributed by atoms with E-state index in [1.807, 2.05) is 12.1 Å². The van der Waals surface area contributed by atoms with E-state index in [9.17, 15) is 4.79 Å². The van der Waals surface area contributed by atoms with E-state index in [2.05, 4.69) is 4.90 Å². The van der Waals surface area contributed by atoms with Crippen molar-refractivity contribution in [1.82, 2.24) is 0 Å². The van der Waals surface area contributed by atoms with E-state index in [1.165, 1.54) is 18.5 Å². The van der Waals surface area contributed by atoms with Crippen molar-refractivity contribution in [2.75, 3.05) is 18.0 Å². The smallest absolute Gasteiger partial charge is 0.252 e. The van der Waals surface area contributed by atoms with Crippen LogP contribution in [0.15, 0.2) is 24.3 Å². The zero-order chi connectivity index (χ0) is 9.97. The number of rotatable bonds is 2. The van der Waals surface area contributed by atoms with Gasteiger partial charge in [0.1, 0.15) is 0 Å². The topological polar surface area (TPSA) is 20.3 Å². The number of hydrogen-bond acceptors (Lipinski definition) is 2. The van der Waals surface area contributed by atoms with E-state index < -0.39 is 5.24 Å². The molecule has 2 nitrogen and oxygen atoms in total. The lowest BCUT2D eigenvalue weighted by Gasteiger charge is -2.17. The average Bonchev–Trinajstić information content (AvgIpc) is 2.71. The molecular formula is C11H12ClNO. The van der Waals surface area contributed by atoms with Crippen LogP contribution in [0.2, 0.25) is 0 Å². The molecule has 0 N–H and O–H groups in total. The molecule has 0 spiro atoms. The second-order valence-corrected chi connectivity index (χ2v) is 3.86. The minimum Gasteiger partial charge on any atom is -0.372 e. The van der Waals surface area contributed by atoms with Crippen molar-refractivity contribution in [3.63, 3.8) is 0 Å². The molecule has 0 saturated carbocycles. The Morgan fingerprint density at radius 2 is 1.71 bits per heavy atom. The lowest BCUT2D eigenvalue weighted by atomic mass is 10.2. The van der Waals surface area contributed by atoms with Crippen molar-refractivity contribution in [2.45, 2.75) is 12.8 Å². The molecule has 0 aromatic heterocycles. The van der Waals surface area contributed by atoms with E-state index in [-0.39, 0.29) is 0 Å². The summed E-state index contributed by atoms with van der Waals surface area (Å²) in [6.45, 7) is 2.24. The molecule has 1 aromatic carbocycles. The van der Waals surface area contributed by atoms with Crippen molar-refractivity contribution in [1.29, 1.82) is 0 Å². The van der Waals surface area contributed by atoms with E-state index in [4.69, 9.17) is 11.6 Å². The molecule has 3 heteroatoms. The predicted octanol–water partition coefficient (Wildman–Crippen LogP) is 2.67. The Kier molecular flexibility index (Phi) is 2.73. The molecule has 1 heterocycles. The SMILES string of the molecule is O=C(Cl)c1ccc(N2CCCC2)cc1. The molecule has 1 aromatic rings. The van der Waals surface area contributed by atoms with Gasteiger partial charge in [-0.3, -0.25) is 4.79 Å². The molecule has 0 radical (unpaired) electrons. The maximum atomic E-state index is 10.8. The number of carbonyl (C=O) groups excluding carboxylic acids is 1. The molecule has 1 saturated heterocycles. The Morgan fingerprint density at radius 1 is 1.14 bits per heavy atom. The Labute approximate surface area is 88.5 Å². The number of nitrogens with zero attached hydrogens (tertiary/aromatic N) is 1. The van der Waals surface area contributed by atoms with Crippen LogP contribution >= 0.6 is 11.6 Å². The van der Waals surface area contributed by atoms with Crippen LogP contribution in [0.5, 0.6) is 0 Å². The van der Waals surface area contributed by atoms with Crippen LogP contribution in [0.4, 0.5) is 5.69 Å². The van der Waals surface area contributed by atoms with Gasteiger partial charge < -0.3 is 4.90 Å². The van der Waals surface area contributed by atoms with Crippen LogP contribution < -0.4 is 4.90 Å². The minimum atomic E-state index is -0.391. The first-order chi connectivity index (χ1) is 6.77. The van der Waals surface area contributed by atoms with Crippen LogP contribution in [0.3, 0.4) is 0 Å². The molecule has 0 aliphatic carbocycles. The van der Waals surface area contributed by atoms with Gasteiger partial charge in [-0.25, -0.2) is 0 Å². The lowest BCUT2D eigenvalue weighted by molar-refractivity contribution is 0.108. The van der Waals surface area contributed by atoms with Gasteiger partial charge in [0.2, 0.25) is 0 Å². The molecule has 0 unspecified atom stereocenters. The summed E-state index contributed by atoms with van der Waals surface area (Å²) in [5.74, 6) is 0. The molecule has 0 atom stereocenters. The van der Waals surface area contributed by atoms with Crippen LogP contribution in [-0.2, 0) is 0 Å². The maximum Gasteiger partial charge on any atom is 0.252 e. The summed E-state index contributed by atoms with van der Waals surface area (Å²) in [5, 5.41) is -0.391. The molecule has 0 amide bonds. The minimum absolute atomic E-state index is 0.391. The Hall–Kier alpha value is -1.02. The Balaban J connectivity index is 2.16. The second-order valence-electron chi connectivity index (χ2n) is 3.51. The summed E-state index contributed by atoms with van der Waals surface area (Å²) < 4.78 is 0. The fourth-order valence-electron chi connectivity index (χ4n) is 1.78. The third kappa shape index (κ3) is 1.90. The van der Waals surface area contributed by atoms with Crippen molar-refractivity contribution >= 4 is 22.5 Å². The van der Waals surface area contributed by atoms with Gasteiger partial charge in [-0.15, -0.1) is 0 Å². The summed E-state index contributed by atoms with van der Waals surface area (Å²) >= 11 is 5.36. The molecule has 1 aliphatic rings. The summed E-state index contributed by atoms with van der Waals surface area (Å²) in [6.07, 6.45) is 2.52. The first kappa shape index (κ1) is 9.53. The molecule has 1 aliphatic heterocycles. The predicted molar refractivity (Wildman–Crippen MR) is 58.1 cm³/mol. The lowest BCUT2D eigenvalue weighted by Crippen LogP contribution is -2.17. The normalized spacial score (nSPS) is 15.9. The van der Waals surface area contributed by atoms with Gasteiger partial charge in [-0.2, -0.15) is 0 Å². The highest BCUT2D eigenvalue weighted by Crippen LogP contribution is 2.20. The molecule has 1 fully saturated rings. The molecule has 14 heavy (non-hydrogen) atoms. The van der Waals surface area contributed by atoms with Crippen molar-refractivity contribution in [3.05, 3.63) is 29.8 Å². The quantitative estimate of drug-likeness (QED) is 0.698. The van der Waals surface area contributed by atoms with Gasteiger partial charge in [0, 0.05) is 24.3 Å². The second kappa shape index (κ2) is 4.01. The van der Waals surface area contributed by atoms with Crippen LogP contribution in [0.25, 0.3) is 0 Å². The third-order valence-electron chi connectivity index (χ3n) is 2.57. The van der Waals surface area contributed by atoms with Gasteiger partial charge >= 0.3 is 0 Å². The van der Waals surface area contributed by atoms with E-state index in [0.29, 0.717) is 5.56 Å². The van der Waals surface area contributed by atoms with Crippen molar-refractivity contribution in [2.24, 2.45) is 0 Å². The maximum absolute atomic E-state index is 10.8. The summed E-state index contributed by atoms with van der Waals surface area (Å²) in [5.41, 5.74) is 1.75. The zero-order valence-corrected chi connectivity index (χ0v) is 8.63. The van der Waals surface area contributed by atoms with Crippen LogP contribution in [0, 0.1) is 0 Å². The Bertz CT molecular complexity index is 328. The first-order valence-corrected chi connectivity index (χ1v) is 5.20. The Morgan fingerprint density at radius 3 is 2.21 bits per heavy atom.